The fraction of sp³-hybridized carbons (Fsp3) is 0.903. The Morgan fingerprint density at radius 2 is 1.11 bits per heavy atom. The number of hydrogen-bond donors (Lipinski definition) is 4. The van der Waals surface area contributed by atoms with Crippen LogP contribution in [-0.2, 0) is 4.79 Å². The monoisotopic (exact) mass is 511 g/mol. The third-order valence-corrected chi connectivity index (χ3v) is 7.12. The summed E-state index contributed by atoms with van der Waals surface area (Å²) in [6, 6.07) is -0.806. The van der Waals surface area contributed by atoms with E-state index in [4.69, 9.17) is 0 Å². The van der Waals surface area contributed by atoms with E-state index in [-0.39, 0.29) is 12.5 Å². The summed E-state index contributed by atoms with van der Waals surface area (Å²) >= 11 is 0. The maximum Gasteiger partial charge on any atom is 0.220 e. The molecule has 0 fully saturated rings. The number of carbonyl (C=O) groups is 1. The van der Waals surface area contributed by atoms with Gasteiger partial charge >= 0.3 is 0 Å². The van der Waals surface area contributed by atoms with Crippen LogP contribution >= 0.6 is 0 Å². The van der Waals surface area contributed by atoms with E-state index >= 15 is 0 Å². The summed E-state index contributed by atoms with van der Waals surface area (Å²) in [7, 11) is 0. The third kappa shape index (κ3) is 22.3. The molecule has 0 aliphatic rings. The summed E-state index contributed by atoms with van der Waals surface area (Å²) in [6.45, 7) is 4.10. The van der Waals surface area contributed by atoms with Crippen molar-refractivity contribution in [3.63, 3.8) is 0 Å². The van der Waals surface area contributed by atoms with Crippen LogP contribution in [0.2, 0.25) is 0 Å². The minimum Gasteiger partial charge on any atom is -0.394 e. The third-order valence-electron chi connectivity index (χ3n) is 7.12. The molecule has 0 aromatic carbocycles. The van der Waals surface area contributed by atoms with E-state index in [0.29, 0.717) is 12.8 Å². The molecule has 4 N–H and O–H groups in total. The van der Waals surface area contributed by atoms with Gasteiger partial charge in [0.15, 0.2) is 0 Å². The van der Waals surface area contributed by atoms with Gasteiger partial charge in [0, 0.05) is 6.42 Å². The molecule has 0 rings (SSSR count). The first-order valence-corrected chi connectivity index (χ1v) is 15.5. The van der Waals surface area contributed by atoms with E-state index in [0.717, 1.165) is 44.9 Å². The first kappa shape index (κ1) is 35.1. The van der Waals surface area contributed by atoms with Crippen molar-refractivity contribution in [3.8, 4) is 0 Å². The molecule has 214 valence electrons. The summed E-state index contributed by atoms with van der Waals surface area (Å²) < 4.78 is 0. The van der Waals surface area contributed by atoms with Gasteiger partial charge in [-0.3, -0.25) is 4.79 Å². The Bertz CT molecular complexity index is 497. The Labute approximate surface area is 223 Å². The van der Waals surface area contributed by atoms with E-state index in [1.165, 1.54) is 83.5 Å². The molecule has 0 spiro atoms. The van der Waals surface area contributed by atoms with Gasteiger partial charge in [0.1, 0.15) is 6.10 Å². The van der Waals surface area contributed by atoms with Crippen molar-refractivity contribution in [1.29, 1.82) is 0 Å². The second-order valence-corrected chi connectivity index (χ2v) is 10.7. The van der Waals surface area contributed by atoms with Gasteiger partial charge in [-0.2, -0.15) is 0 Å². The highest BCUT2D eigenvalue weighted by atomic mass is 16.3. The number of rotatable bonds is 27. The first-order chi connectivity index (χ1) is 17.6. The lowest BCUT2D eigenvalue weighted by molar-refractivity contribution is -0.124. The highest BCUT2D eigenvalue weighted by Crippen LogP contribution is 2.14. The molecule has 0 aliphatic heterocycles. The summed E-state index contributed by atoms with van der Waals surface area (Å²) in [5.74, 6) is -0.158. The molecule has 3 atom stereocenters. The van der Waals surface area contributed by atoms with Gasteiger partial charge in [-0.25, -0.2) is 0 Å². The molecule has 5 nitrogen and oxygen atoms in total. The summed E-state index contributed by atoms with van der Waals surface area (Å²) in [5, 5.41) is 33.1. The van der Waals surface area contributed by atoms with Crippen molar-refractivity contribution < 1.29 is 20.1 Å². The highest BCUT2D eigenvalue weighted by Gasteiger charge is 2.26. The van der Waals surface area contributed by atoms with Crippen LogP contribution in [0.25, 0.3) is 0 Å². The Morgan fingerprint density at radius 3 is 1.67 bits per heavy atom. The topological polar surface area (TPSA) is 89.8 Å². The van der Waals surface area contributed by atoms with Gasteiger partial charge < -0.3 is 20.6 Å². The molecular weight excluding hydrogens is 450 g/mol. The fourth-order valence-corrected chi connectivity index (χ4v) is 4.62. The Hall–Kier alpha value is -0.910. The minimum absolute atomic E-state index is 0.158. The molecule has 0 bridgehead atoms. The lowest BCUT2D eigenvalue weighted by atomic mass is 9.99. The molecule has 0 saturated heterocycles. The van der Waals surface area contributed by atoms with Crippen LogP contribution < -0.4 is 5.32 Å². The Kier molecular flexibility index (Phi) is 26.4. The number of hydrogen-bond acceptors (Lipinski definition) is 4. The number of unbranched alkanes of at least 4 members (excludes halogenated alkanes) is 17. The number of carbonyl (C=O) groups excluding carboxylic acids is 1. The number of aliphatic hydroxyl groups is 3. The number of nitrogens with one attached hydrogen (secondary N) is 1. The quantitative estimate of drug-likeness (QED) is 0.0685. The number of allylic oxidation sites excluding steroid dienone is 2. The number of aliphatic hydroxyl groups excluding tert-OH is 3. The Morgan fingerprint density at radius 1 is 0.667 bits per heavy atom. The second kappa shape index (κ2) is 27.1. The molecule has 0 heterocycles. The van der Waals surface area contributed by atoms with Crippen LogP contribution in [0, 0.1) is 0 Å². The van der Waals surface area contributed by atoms with E-state index in [2.05, 4.69) is 31.3 Å². The van der Waals surface area contributed by atoms with Crippen LogP contribution in [0.3, 0.4) is 0 Å². The van der Waals surface area contributed by atoms with Gasteiger partial charge in [-0.1, -0.05) is 122 Å². The molecule has 0 saturated carbocycles. The molecular formula is C31H61NO4. The molecule has 5 heteroatoms. The van der Waals surface area contributed by atoms with Gasteiger partial charge in [0.25, 0.3) is 0 Å². The highest BCUT2D eigenvalue weighted by molar-refractivity contribution is 5.76. The summed E-state index contributed by atoms with van der Waals surface area (Å²) in [5.41, 5.74) is 0. The van der Waals surface area contributed by atoms with Crippen molar-refractivity contribution >= 4 is 5.91 Å². The largest absolute Gasteiger partial charge is 0.394 e. The average molecular weight is 512 g/mol. The zero-order valence-electron chi connectivity index (χ0n) is 23.9. The van der Waals surface area contributed by atoms with Gasteiger partial charge in [-0.15, -0.1) is 0 Å². The predicted molar refractivity (Wildman–Crippen MR) is 153 cm³/mol. The van der Waals surface area contributed by atoms with E-state index in [9.17, 15) is 20.1 Å². The first-order valence-electron chi connectivity index (χ1n) is 15.5. The normalized spacial score (nSPS) is 14.2. The lowest BCUT2D eigenvalue weighted by Gasteiger charge is -2.26. The lowest BCUT2D eigenvalue weighted by Crippen LogP contribution is -2.50. The molecule has 0 aliphatic carbocycles. The van der Waals surface area contributed by atoms with Gasteiger partial charge in [-0.05, 0) is 38.5 Å². The average Bonchev–Trinajstić information content (AvgIpc) is 2.88. The van der Waals surface area contributed by atoms with Crippen molar-refractivity contribution in [2.24, 2.45) is 0 Å². The molecule has 36 heavy (non-hydrogen) atoms. The zero-order chi connectivity index (χ0) is 26.7. The molecule has 0 aromatic rings. The zero-order valence-corrected chi connectivity index (χ0v) is 23.9. The minimum atomic E-state index is -1.13. The van der Waals surface area contributed by atoms with Gasteiger partial charge in [0.2, 0.25) is 5.91 Å². The second-order valence-electron chi connectivity index (χ2n) is 10.7. The standard InChI is InChI=1S/C31H61NO4/c1-3-5-7-9-11-13-15-16-18-20-22-24-26-30(35)32-28(27-33)31(36)29(34)25-23-21-19-17-14-12-10-8-6-4-2/h11,13,28-29,31,33-34,36H,3-10,12,14-27H2,1-2H3,(H,32,35)/b13-11-. The van der Waals surface area contributed by atoms with Crippen LogP contribution in [0.1, 0.15) is 155 Å². The Balaban J connectivity index is 3.78. The van der Waals surface area contributed by atoms with Crippen LogP contribution in [0.4, 0.5) is 0 Å². The van der Waals surface area contributed by atoms with Crippen LogP contribution in [0.15, 0.2) is 12.2 Å². The van der Waals surface area contributed by atoms with Gasteiger partial charge in [0.05, 0.1) is 18.8 Å². The van der Waals surface area contributed by atoms with E-state index in [1.54, 1.807) is 0 Å². The van der Waals surface area contributed by atoms with Crippen LogP contribution in [-0.4, -0.2) is 46.1 Å². The summed E-state index contributed by atoms with van der Waals surface area (Å²) in [6.07, 6.45) is 27.2. The van der Waals surface area contributed by atoms with E-state index < -0.39 is 18.2 Å². The predicted octanol–water partition coefficient (Wildman–Crippen LogP) is 7.36. The van der Waals surface area contributed by atoms with Crippen molar-refractivity contribution in [2.75, 3.05) is 6.61 Å². The molecule has 1 amide bonds. The van der Waals surface area contributed by atoms with Crippen molar-refractivity contribution in [3.05, 3.63) is 12.2 Å². The van der Waals surface area contributed by atoms with Crippen LogP contribution in [0.5, 0.6) is 0 Å². The molecule has 0 aromatic heterocycles. The maximum absolute atomic E-state index is 12.2. The van der Waals surface area contributed by atoms with Crippen molar-refractivity contribution in [2.45, 2.75) is 173 Å². The van der Waals surface area contributed by atoms with Crippen molar-refractivity contribution in [1.82, 2.24) is 5.32 Å². The number of amides is 1. The smallest absolute Gasteiger partial charge is 0.220 e. The van der Waals surface area contributed by atoms with E-state index in [1.807, 2.05) is 0 Å². The SMILES string of the molecule is CCCCC/C=C\CCCCCCCC(=O)NC(CO)C(O)C(O)CCCCCCCCCCCC. The summed E-state index contributed by atoms with van der Waals surface area (Å²) in [4.78, 5) is 12.2. The molecule has 0 radical (unpaired) electrons. The molecule has 3 unspecified atom stereocenters. The maximum atomic E-state index is 12.2. The fourth-order valence-electron chi connectivity index (χ4n) is 4.62.